The normalized spacial score (nSPS) is 16.8. The number of nitrogens with zero attached hydrogens (tertiary/aromatic N) is 4. The minimum absolute atomic E-state index is 0.0155. The Bertz CT molecular complexity index is 1370. The molecule has 5 rings (SSSR count). The summed E-state index contributed by atoms with van der Waals surface area (Å²) in [6.45, 7) is 12.8. The van der Waals surface area contributed by atoms with Gasteiger partial charge in [0.15, 0.2) is 0 Å². The van der Waals surface area contributed by atoms with E-state index < -0.39 is 0 Å². The van der Waals surface area contributed by atoms with E-state index in [0.717, 1.165) is 61.6 Å². The van der Waals surface area contributed by atoms with E-state index in [4.69, 9.17) is 4.74 Å². The van der Waals surface area contributed by atoms with E-state index in [9.17, 15) is 9.59 Å². The molecule has 0 radical (unpaired) electrons. The molecule has 3 aromatic rings. The average molecular weight is 611 g/mol. The highest BCUT2D eigenvalue weighted by atomic mass is 16.5. The van der Waals surface area contributed by atoms with Gasteiger partial charge in [-0.2, -0.15) is 0 Å². The van der Waals surface area contributed by atoms with Crippen molar-refractivity contribution in [3.05, 3.63) is 95.6 Å². The summed E-state index contributed by atoms with van der Waals surface area (Å²) >= 11 is 0. The topological polar surface area (TPSA) is 56.3 Å². The second-order valence-electron chi connectivity index (χ2n) is 12.9. The Morgan fingerprint density at radius 3 is 2.33 bits per heavy atom. The van der Waals surface area contributed by atoms with Crippen LogP contribution >= 0.6 is 0 Å². The van der Waals surface area contributed by atoms with Crippen molar-refractivity contribution in [2.75, 3.05) is 63.9 Å². The minimum Gasteiger partial charge on any atom is -0.494 e. The van der Waals surface area contributed by atoms with E-state index in [2.05, 4.69) is 29.7 Å². The highest BCUT2D eigenvalue weighted by Gasteiger charge is 2.25. The van der Waals surface area contributed by atoms with Crippen molar-refractivity contribution in [3.63, 3.8) is 0 Å². The minimum atomic E-state index is -0.0155. The van der Waals surface area contributed by atoms with Crippen molar-refractivity contribution in [2.24, 2.45) is 5.92 Å². The van der Waals surface area contributed by atoms with Crippen molar-refractivity contribution >= 4 is 17.5 Å². The lowest BCUT2D eigenvalue weighted by Gasteiger charge is -2.29. The molecule has 0 N–H and O–H groups in total. The highest BCUT2D eigenvalue weighted by molar-refractivity contribution is 5.96. The second-order valence-corrected chi connectivity index (χ2v) is 12.9. The first-order chi connectivity index (χ1) is 22.0. The molecule has 0 unspecified atom stereocenters. The summed E-state index contributed by atoms with van der Waals surface area (Å²) in [4.78, 5) is 36.8. The van der Waals surface area contributed by atoms with Crippen LogP contribution in [-0.2, 0) is 17.8 Å². The van der Waals surface area contributed by atoms with Crippen LogP contribution in [0.3, 0.4) is 0 Å². The maximum Gasteiger partial charge on any atom is 0.254 e. The molecule has 0 bridgehead atoms. The largest absolute Gasteiger partial charge is 0.494 e. The molecule has 240 valence electrons. The fourth-order valence-electron chi connectivity index (χ4n) is 6.52. The van der Waals surface area contributed by atoms with Crippen molar-refractivity contribution in [3.8, 4) is 5.75 Å². The maximum atomic E-state index is 14.2. The number of carbonyl (C=O) groups is 2. The maximum absolute atomic E-state index is 14.2. The van der Waals surface area contributed by atoms with Gasteiger partial charge >= 0.3 is 0 Å². The van der Waals surface area contributed by atoms with Crippen LogP contribution < -0.4 is 9.64 Å². The van der Waals surface area contributed by atoms with Gasteiger partial charge in [0, 0.05) is 50.5 Å². The summed E-state index contributed by atoms with van der Waals surface area (Å²) in [7, 11) is 0. The Morgan fingerprint density at radius 1 is 0.778 bits per heavy atom. The zero-order valence-electron chi connectivity index (χ0n) is 27.2. The number of hydrogen-bond acceptors (Lipinski definition) is 5. The number of rotatable bonds is 10. The van der Waals surface area contributed by atoms with E-state index in [1.54, 1.807) is 0 Å². The molecule has 0 saturated carbocycles. The fraction of sp³-hybridized carbons (Fsp3) is 0.474. The number of amides is 2. The molecule has 2 aliphatic heterocycles. The molecule has 0 aromatic heterocycles. The SMILES string of the molecule is CC(C)CN1CCCN(C(=O)Cc2ccccc2)c2ccccc2CN(C(=O)c2cccc(OCCCN3CCCC3)c2)CC1. The summed E-state index contributed by atoms with van der Waals surface area (Å²) in [5, 5.41) is 0. The Hall–Kier alpha value is -3.68. The first-order valence-electron chi connectivity index (χ1n) is 16.9. The molecule has 2 aliphatic rings. The molecule has 2 amide bonds. The van der Waals surface area contributed by atoms with Gasteiger partial charge in [-0.1, -0.05) is 68.4 Å². The molecule has 1 saturated heterocycles. The first-order valence-corrected chi connectivity index (χ1v) is 16.9. The highest BCUT2D eigenvalue weighted by Crippen LogP contribution is 2.26. The number of ether oxygens (including phenoxy) is 1. The standard InChI is InChI=1S/C38H50N4O3/c1-31(2)29-40-21-11-23-42(37(43)27-32-13-4-3-5-14-32)36-18-7-6-15-34(36)30-41(25-24-40)38(44)33-16-10-17-35(28-33)45-26-12-22-39-19-8-9-20-39/h3-7,10,13-18,28,31H,8-9,11-12,19-27,29-30H2,1-2H3. The molecular formula is C38H50N4O3. The van der Waals surface area contributed by atoms with E-state index in [1.165, 1.54) is 25.9 Å². The predicted molar refractivity (Wildman–Crippen MR) is 182 cm³/mol. The van der Waals surface area contributed by atoms with E-state index in [0.29, 0.717) is 44.1 Å². The Morgan fingerprint density at radius 2 is 1.53 bits per heavy atom. The molecular weight excluding hydrogens is 560 g/mol. The monoisotopic (exact) mass is 610 g/mol. The number of carbonyl (C=O) groups excluding carboxylic acids is 2. The summed E-state index contributed by atoms with van der Waals surface area (Å²) in [5.74, 6) is 1.31. The number of anilines is 1. The summed E-state index contributed by atoms with van der Waals surface area (Å²) < 4.78 is 6.10. The number of para-hydroxylation sites is 1. The third-order valence-electron chi connectivity index (χ3n) is 8.76. The summed E-state index contributed by atoms with van der Waals surface area (Å²) in [6.07, 6.45) is 4.78. The Balaban J connectivity index is 1.35. The zero-order valence-corrected chi connectivity index (χ0v) is 27.2. The number of likely N-dealkylation sites (tertiary alicyclic amines) is 1. The van der Waals surface area contributed by atoms with Gasteiger partial charge in [-0.05, 0) is 86.6 Å². The van der Waals surface area contributed by atoms with Gasteiger partial charge in [-0.25, -0.2) is 0 Å². The van der Waals surface area contributed by atoms with Crippen LogP contribution in [0.25, 0.3) is 0 Å². The van der Waals surface area contributed by atoms with E-state index in [1.807, 2.05) is 82.6 Å². The second kappa shape index (κ2) is 16.6. The lowest BCUT2D eigenvalue weighted by atomic mass is 10.1. The molecule has 2 heterocycles. The molecule has 1 fully saturated rings. The third kappa shape index (κ3) is 9.65. The number of hydrogen-bond donors (Lipinski definition) is 0. The quantitative estimate of drug-likeness (QED) is 0.259. The van der Waals surface area contributed by atoms with Crippen LogP contribution in [-0.4, -0.2) is 85.5 Å². The van der Waals surface area contributed by atoms with Gasteiger partial charge in [-0.15, -0.1) is 0 Å². The van der Waals surface area contributed by atoms with Gasteiger partial charge in [0.2, 0.25) is 5.91 Å². The van der Waals surface area contributed by atoms with Gasteiger partial charge in [0.05, 0.1) is 13.0 Å². The molecule has 45 heavy (non-hydrogen) atoms. The van der Waals surface area contributed by atoms with Gasteiger partial charge in [-0.3, -0.25) is 9.59 Å². The van der Waals surface area contributed by atoms with Crippen LogP contribution in [0.1, 0.15) is 61.0 Å². The third-order valence-corrected chi connectivity index (χ3v) is 8.76. The van der Waals surface area contributed by atoms with Crippen molar-refractivity contribution in [2.45, 2.75) is 52.5 Å². The summed E-state index contributed by atoms with van der Waals surface area (Å²) in [5.41, 5.74) is 3.51. The molecule has 7 heteroatoms. The molecule has 0 atom stereocenters. The molecule has 0 spiro atoms. The number of benzene rings is 3. The molecule has 7 nitrogen and oxygen atoms in total. The molecule has 0 aliphatic carbocycles. The Kier molecular flexibility index (Phi) is 12.0. The van der Waals surface area contributed by atoms with Gasteiger partial charge < -0.3 is 24.3 Å². The zero-order chi connectivity index (χ0) is 31.4. The van der Waals surface area contributed by atoms with Crippen LogP contribution in [0.15, 0.2) is 78.9 Å². The van der Waals surface area contributed by atoms with Crippen molar-refractivity contribution < 1.29 is 14.3 Å². The van der Waals surface area contributed by atoms with Crippen LogP contribution in [0, 0.1) is 5.92 Å². The molecule has 3 aromatic carbocycles. The predicted octanol–water partition coefficient (Wildman–Crippen LogP) is 6.13. The summed E-state index contributed by atoms with van der Waals surface area (Å²) in [6, 6.07) is 25.6. The van der Waals surface area contributed by atoms with Crippen LogP contribution in [0.2, 0.25) is 0 Å². The number of fused-ring (bicyclic) bond motifs is 1. The first kappa shape index (κ1) is 32.7. The van der Waals surface area contributed by atoms with Crippen LogP contribution in [0.4, 0.5) is 5.69 Å². The van der Waals surface area contributed by atoms with E-state index in [-0.39, 0.29) is 11.8 Å². The van der Waals surface area contributed by atoms with Crippen molar-refractivity contribution in [1.29, 1.82) is 0 Å². The van der Waals surface area contributed by atoms with Gasteiger partial charge in [0.25, 0.3) is 5.91 Å². The average Bonchev–Trinajstić information content (AvgIpc) is 3.56. The van der Waals surface area contributed by atoms with Crippen LogP contribution in [0.5, 0.6) is 5.75 Å². The van der Waals surface area contributed by atoms with Gasteiger partial charge in [0.1, 0.15) is 5.75 Å². The lowest BCUT2D eigenvalue weighted by Crippen LogP contribution is -2.40. The smallest absolute Gasteiger partial charge is 0.254 e. The Labute approximate surface area is 269 Å². The fourth-order valence-corrected chi connectivity index (χ4v) is 6.52. The lowest BCUT2D eigenvalue weighted by molar-refractivity contribution is -0.118. The van der Waals surface area contributed by atoms with E-state index >= 15 is 0 Å². The van der Waals surface area contributed by atoms with Crippen molar-refractivity contribution in [1.82, 2.24) is 14.7 Å².